The van der Waals surface area contributed by atoms with E-state index in [1.165, 1.54) is 0 Å². The number of Topliss-reactive ketones (excluding diaryl/α,β-unsaturated/α-hetero) is 1. The molecule has 1 N–H and O–H groups in total. The molecule has 0 spiro atoms. The Morgan fingerprint density at radius 1 is 1.24 bits per heavy atom. The van der Waals surface area contributed by atoms with Gasteiger partial charge in [0, 0.05) is 29.3 Å². The van der Waals surface area contributed by atoms with Crippen LogP contribution in [0.2, 0.25) is 0 Å². The van der Waals surface area contributed by atoms with Crippen molar-refractivity contribution in [2.75, 3.05) is 13.7 Å². The van der Waals surface area contributed by atoms with Crippen LogP contribution in [0.5, 0.6) is 5.75 Å². The number of benzene rings is 1. The Labute approximate surface area is 147 Å². The Morgan fingerprint density at radius 3 is 2.60 bits per heavy atom. The van der Waals surface area contributed by atoms with Crippen LogP contribution in [-0.4, -0.2) is 25.5 Å². The zero-order chi connectivity index (χ0) is 18.0. The van der Waals surface area contributed by atoms with Crippen LogP contribution in [0.3, 0.4) is 0 Å². The molecule has 0 saturated carbocycles. The lowest BCUT2D eigenvalue weighted by Crippen LogP contribution is -2.34. The van der Waals surface area contributed by atoms with Gasteiger partial charge in [0.15, 0.2) is 5.78 Å². The zero-order valence-electron chi connectivity index (χ0n) is 14.8. The van der Waals surface area contributed by atoms with Crippen LogP contribution in [0.4, 0.5) is 0 Å². The summed E-state index contributed by atoms with van der Waals surface area (Å²) in [6.07, 6.45) is 2.17. The molecule has 2 aliphatic rings. The van der Waals surface area contributed by atoms with Crippen LogP contribution >= 0.6 is 0 Å². The predicted molar refractivity (Wildman–Crippen MR) is 94.1 cm³/mol. The quantitative estimate of drug-likeness (QED) is 0.852. The molecule has 1 aliphatic carbocycles. The van der Waals surface area contributed by atoms with Crippen molar-refractivity contribution in [3.8, 4) is 5.75 Å². The number of carbonyl (C=O) groups is 2. The molecule has 1 heterocycles. The predicted octanol–water partition coefficient (Wildman–Crippen LogP) is 3.23. The molecule has 0 aromatic heterocycles. The first-order valence-electron chi connectivity index (χ1n) is 8.62. The zero-order valence-corrected chi connectivity index (χ0v) is 14.8. The summed E-state index contributed by atoms with van der Waals surface area (Å²) in [5.41, 5.74) is 3.80. The van der Waals surface area contributed by atoms with Gasteiger partial charge in [-0.05, 0) is 44.4 Å². The fraction of sp³-hybridized carbons (Fsp3) is 0.400. The highest BCUT2D eigenvalue weighted by molar-refractivity contribution is 6.03. The van der Waals surface area contributed by atoms with Gasteiger partial charge in [0.2, 0.25) is 0 Å². The minimum Gasteiger partial charge on any atom is -0.497 e. The fourth-order valence-corrected chi connectivity index (χ4v) is 3.59. The lowest BCUT2D eigenvalue weighted by Gasteiger charge is -2.34. The van der Waals surface area contributed by atoms with Gasteiger partial charge in [-0.2, -0.15) is 0 Å². The van der Waals surface area contributed by atoms with Crippen LogP contribution < -0.4 is 10.1 Å². The first-order valence-corrected chi connectivity index (χ1v) is 8.62. The summed E-state index contributed by atoms with van der Waals surface area (Å²) >= 11 is 0. The monoisotopic (exact) mass is 341 g/mol. The highest BCUT2D eigenvalue weighted by Crippen LogP contribution is 2.42. The molecule has 0 amide bonds. The van der Waals surface area contributed by atoms with Crippen molar-refractivity contribution in [2.24, 2.45) is 0 Å². The van der Waals surface area contributed by atoms with Crippen molar-refractivity contribution in [1.82, 2.24) is 5.32 Å². The van der Waals surface area contributed by atoms with Crippen LogP contribution in [0, 0.1) is 0 Å². The van der Waals surface area contributed by atoms with Crippen LogP contribution in [0.25, 0.3) is 0 Å². The second kappa shape index (κ2) is 7.13. The van der Waals surface area contributed by atoms with Crippen molar-refractivity contribution in [1.29, 1.82) is 0 Å². The number of methoxy groups -OCH3 is 1. The third-order valence-electron chi connectivity index (χ3n) is 4.72. The van der Waals surface area contributed by atoms with E-state index < -0.39 is 5.92 Å². The second-order valence-corrected chi connectivity index (χ2v) is 6.26. The largest absolute Gasteiger partial charge is 0.497 e. The van der Waals surface area contributed by atoms with Gasteiger partial charge >= 0.3 is 5.97 Å². The molecule has 0 radical (unpaired) electrons. The average molecular weight is 341 g/mol. The lowest BCUT2D eigenvalue weighted by atomic mass is 9.75. The molecule has 1 aromatic rings. The van der Waals surface area contributed by atoms with Crippen molar-refractivity contribution in [3.63, 3.8) is 0 Å². The number of rotatable bonds is 4. The lowest BCUT2D eigenvalue weighted by molar-refractivity contribution is -0.138. The SMILES string of the molecule is CCOC(=O)C1=C(C)NC2=C(C(=O)CCC2)C1c1ccc(OC)cc1. The maximum Gasteiger partial charge on any atom is 0.336 e. The smallest absolute Gasteiger partial charge is 0.336 e. The summed E-state index contributed by atoms with van der Waals surface area (Å²) < 4.78 is 10.5. The first kappa shape index (κ1) is 17.3. The summed E-state index contributed by atoms with van der Waals surface area (Å²) in [5, 5.41) is 3.27. The topological polar surface area (TPSA) is 64.6 Å². The van der Waals surface area contributed by atoms with E-state index in [0.29, 0.717) is 24.2 Å². The summed E-state index contributed by atoms with van der Waals surface area (Å²) in [5.74, 6) is 0.0661. The van der Waals surface area contributed by atoms with Gasteiger partial charge in [-0.1, -0.05) is 12.1 Å². The number of hydrogen-bond acceptors (Lipinski definition) is 5. The molecular weight excluding hydrogens is 318 g/mol. The molecule has 5 heteroatoms. The number of ketones is 1. The van der Waals surface area contributed by atoms with Gasteiger partial charge in [0.1, 0.15) is 5.75 Å². The standard InChI is InChI=1S/C20H23NO4/c1-4-25-20(23)17-12(2)21-15-6-5-7-16(22)19(15)18(17)13-8-10-14(24-3)11-9-13/h8-11,18,21H,4-7H2,1-3H3. The fourth-order valence-electron chi connectivity index (χ4n) is 3.59. The molecule has 3 rings (SSSR count). The normalized spacial score (nSPS) is 20.1. The number of nitrogens with one attached hydrogen (secondary N) is 1. The third-order valence-corrected chi connectivity index (χ3v) is 4.72. The van der Waals surface area contributed by atoms with Gasteiger partial charge in [-0.15, -0.1) is 0 Å². The minimum atomic E-state index is -0.394. The Morgan fingerprint density at radius 2 is 1.96 bits per heavy atom. The van der Waals surface area contributed by atoms with E-state index in [0.717, 1.165) is 35.5 Å². The number of dihydropyridines is 1. The molecule has 0 saturated heterocycles. The number of ether oxygens (including phenoxy) is 2. The Kier molecular flexibility index (Phi) is 4.93. The summed E-state index contributed by atoms with van der Waals surface area (Å²) in [7, 11) is 1.61. The number of hydrogen-bond donors (Lipinski definition) is 1. The Bertz CT molecular complexity index is 758. The van der Waals surface area contributed by atoms with Crippen LogP contribution in [0.1, 0.15) is 44.6 Å². The third kappa shape index (κ3) is 3.18. The molecule has 1 aliphatic heterocycles. The molecule has 1 atom stereocenters. The van der Waals surface area contributed by atoms with Gasteiger partial charge in [-0.25, -0.2) is 4.79 Å². The van der Waals surface area contributed by atoms with Crippen molar-refractivity contribution in [2.45, 2.75) is 39.0 Å². The van der Waals surface area contributed by atoms with Crippen molar-refractivity contribution >= 4 is 11.8 Å². The maximum atomic E-state index is 12.7. The van der Waals surface area contributed by atoms with E-state index in [2.05, 4.69) is 5.32 Å². The van der Waals surface area contributed by atoms with Crippen molar-refractivity contribution < 1.29 is 19.1 Å². The molecule has 5 nitrogen and oxygen atoms in total. The molecule has 0 fully saturated rings. The summed E-state index contributed by atoms with van der Waals surface area (Å²) in [6, 6.07) is 7.52. The molecule has 132 valence electrons. The maximum absolute atomic E-state index is 12.7. The van der Waals surface area contributed by atoms with Gasteiger partial charge in [0.25, 0.3) is 0 Å². The van der Waals surface area contributed by atoms with E-state index >= 15 is 0 Å². The van der Waals surface area contributed by atoms with Gasteiger partial charge in [0.05, 0.1) is 19.3 Å². The van der Waals surface area contributed by atoms with E-state index in [9.17, 15) is 9.59 Å². The van der Waals surface area contributed by atoms with Gasteiger partial charge < -0.3 is 14.8 Å². The van der Waals surface area contributed by atoms with E-state index in [-0.39, 0.29) is 11.8 Å². The summed E-state index contributed by atoms with van der Waals surface area (Å²) in [4.78, 5) is 25.3. The Balaban J connectivity index is 2.13. The summed E-state index contributed by atoms with van der Waals surface area (Å²) in [6.45, 7) is 3.94. The molecule has 0 bridgehead atoms. The average Bonchev–Trinajstić information content (AvgIpc) is 2.61. The van der Waals surface area contributed by atoms with Gasteiger partial charge in [-0.3, -0.25) is 4.79 Å². The van der Waals surface area contributed by atoms with E-state index in [1.54, 1.807) is 14.0 Å². The number of allylic oxidation sites excluding steroid dienone is 3. The van der Waals surface area contributed by atoms with Crippen LogP contribution in [-0.2, 0) is 14.3 Å². The molecule has 1 unspecified atom stereocenters. The molecular formula is C20H23NO4. The first-order chi connectivity index (χ1) is 12.1. The Hall–Kier alpha value is -2.56. The number of esters is 1. The number of carbonyl (C=O) groups excluding carboxylic acids is 2. The highest BCUT2D eigenvalue weighted by atomic mass is 16.5. The molecule has 25 heavy (non-hydrogen) atoms. The molecule has 1 aromatic carbocycles. The van der Waals surface area contributed by atoms with Crippen LogP contribution in [0.15, 0.2) is 46.8 Å². The van der Waals surface area contributed by atoms with E-state index in [4.69, 9.17) is 9.47 Å². The van der Waals surface area contributed by atoms with E-state index in [1.807, 2.05) is 31.2 Å². The highest BCUT2D eigenvalue weighted by Gasteiger charge is 2.38. The van der Waals surface area contributed by atoms with Crippen molar-refractivity contribution in [3.05, 3.63) is 52.4 Å². The second-order valence-electron chi connectivity index (χ2n) is 6.26. The minimum absolute atomic E-state index is 0.101.